The van der Waals surface area contributed by atoms with E-state index >= 15 is 0 Å². The van der Waals surface area contributed by atoms with Gasteiger partial charge in [-0.25, -0.2) is 4.68 Å². The minimum atomic E-state index is -0.424. The molecule has 0 radical (unpaired) electrons. The summed E-state index contributed by atoms with van der Waals surface area (Å²) in [5.41, 5.74) is 4.38. The van der Waals surface area contributed by atoms with Gasteiger partial charge in [0.2, 0.25) is 5.91 Å². The Balaban J connectivity index is 1.72. The Morgan fingerprint density at radius 1 is 1.13 bits per heavy atom. The molecule has 0 saturated heterocycles. The van der Waals surface area contributed by atoms with Crippen LogP contribution in [-0.2, 0) is 10.2 Å². The van der Waals surface area contributed by atoms with Gasteiger partial charge >= 0.3 is 0 Å². The van der Waals surface area contributed by atoms with E-state index in [2.05, 4.69) is 36.7 Å². The molecule has 2 amide bonds. The van der Waals surface area contributed by atoms with Gasteiger partial charge in [0.05, 0.1) is 28.3 Å². The summed E-state index contributed by atoms with van der Waals surface area (Å²) in [4.78, 5) is 25.2. The molecular formula is C24H27N5O2. The Hall–Kier alpha value is -3.61. The molecule has 1 unspecified atom stereocenters. The van der Waals surface area contributed by atoms with E-state index in [0.717, 1.165) is 16.9 Å². The monoisotopic (exact) mass is 417 g/mol. The second kappa shape index (κ2) is 7.58. The molecule has 0 fully saturated rings. The summed E-state index contributed by atoms with van der Waals surface area (Å²) in [6, 6.07) is 14.7. The van der Waals surface area contributed by atoms with Crippen molar-refractivity contribution in [2.75, 3.05) is 16.0 Å². The highest BCUT2D eigenvalue weighted by atomic mass is 16.2. The summed E-state index contributed by atoms with van der Waals surface area (Å²) in [6.45, 7) is 10.0. The number of anilines is 3. The normalized spacial score (nSPS) is 15.6. The average Bonchev–Trinajstić information content (AvgIpc) is 3.13. The Morgan fingerprint density at radius 2 is 1.84 bits per heavy atom. The lowest BCUT2D eigenvalue weighted by Crippen LogP contribution is -2.37. The molecule has 1 aromatic heterocycles. The van der Waals surface area contributed by atoms with Crippen LogP contribution in [0.2, 0.25) is 0 Å². The van der Waals surface area contributed by atoms with Gasteiger partial charge in [0.1, 0.15) is 11.9 Å². The van der Waals surface area contributed by atoms with Crippen molar-refractivity contribution in [2.24, 2.45) is 0 Å². The van der Waals surface area contributed by atoms with Gasteiger partial charge in [0.15, 0.2) is 0 Å². The maximum absolute atomic E-state index is 13.3. The first kappa shape index (κ1) is 20.7. The zero-order chi connectivity index (χ0) is 22.3. The summed E-state index contributed by atoms with van der Waals surface area (Å²) in [5.74, 6) is 0.183. The second-order valence-electron chi connectivity index (χ2n) is 8.95. The SMILES string of the molecule is Cc1ccc(-n2nc(C(C)(C)C)cc2NC(=O)c2cccc3c2NC(C)C(=O)N3)cc1. The highest BCUT2D eigenvalue weighted by molar-refractivity contribution is 6.13. The largest absolute Gasteiger partial charge is 0.372 e. The summed E-state index contributed by atoms with van der Waals surface area (Å²) in [6.07, 6.45) is 0. The van der Waals surface area contributed by atoms with Crippen LogP contribution in [0.4, 0.5) is 17.2 Å². The van der Waals surface area contributed by atoms with Crippen LogP contribution in [0, 0.1) is 6.92 Å². The highest BCUT2D eigenvalue weighted by Crippen LogP contribution is 2.32. The number of hydrogen-bond acceptors (Lipinski definition) is 4. The van der Waals surface area contributed by atoms with Gasteiger partial charge < -0.3 is 16.0 Å². The van der Waals surface area contributed by atoms with Crippen LogP contribution in [0.15, 0.2) is 48.5 Å². The number of rotatable bonds is 3. The van der Waals surface area contributed by atoms with E-state index in [1.165, 1.54) is 0 Å². The second-order valence-corrected chi connectivity index (χ2v) is 8.95. The number of carbonyl (C=O) groups is 2. The van der Waals surface area contributed by atoms with E-state index in [4.69, 9.17) is 5.10 Å². The smallest absolute Gasteiger partial charge is 0.258 e. The van der Waals surface area contributed by atoms with Gasteiger partial charge in [0, 0.05) is 11.5 Å². The topological polar surface area (TPSA) is 88.1 Å². The third-order valence-electron chi connectivity index (χ3n) is 5.32. The lowest BCUT2D eigenvalue weighted by atomic mass is 9.92. The first-order valence-electron chi connectivity index (χ1n) is 10.3. The minimum absolute atomic E-state index is 0.127. The predicted molar refractivity (Wildman–Crippen MR) is 123 cm³/mol. The molecule has 31 heavy (non-hydrogen) atoms. The number of aryl methyl sites for hydroxylation is 1. The van der Waals surface area contributed by atoms with Crippen molar-refractivity contribution in [3.05, 3.63) is 65.4 Å². The summed E-state index contributed by atoms with van der Waals surface area (Å²) >= 11 is 0. The van der Waals surface area contributed by atoms with Crippen LogP contribution in [-0.4, -0.2) is 27.6 Å². The fraction of sp³-hybridized carbons (Fsp3) is 0.292. The molecule has 0 bridgehead atoms. The van der Waals surface area contributed by atoms with Gasteiger partial charge in [-0.2, -0.15) is 5.10 Å². The number of fused-ring (bicyclic) bond motifs is 1. The molecule has 7 nitrogen and oxygen atoms in total. The Morgan fingerprint density at radius 3 is 2.52 bits per heavy atom. The number of amides is 2. The van der Waals surface area contributed by atoms with Crippen molar-refractivity contribution in [3.63, 3.8) is 0 Å². The molecule has 3 aromatic rings. The molecule has 4 rings (SSSR count). The molecule has 2 heterocycles. The molecule has 1 aliphatic heterocycles. The fourth-order valence-electron chi connectivity index (χ4n) is 3.43. The van der Waals surface area contributed by atoms with E-state index in [0.29, 0.717) is 22.8 Å². The maximum Gasteiger partial charge on any atom is 0.258 e. The number of aromatic nitrogens is 2. The van der Waals surface area contributed by atoms with Gasteiger partial charge in [0.25, 0.3) is 5.91 Å². The first-order valence-corrected chi connectivity index (χ1v) is 10.3. The van der Waals surface area contributed by atoms with Crippen LogP contribution >= 0.6 is 0 Å². The lowest BCUT2D eigenvalue weighted by molar-refractivity contribution is -0.116. The van der Waals surface area contributed by atoms with E-state index in [9.17, 15) is 9.59 Å². The summed E-state index contributed by atoms with van der Waals surface area (Å²) in [7, 11) is 0. The molecule has 3 N–H and O–H groups in total. The average molecular weight is 418 g/mol. The Kier molecular flexibility index (Phi) is 5.05. The van der Waals surface area contributed by atoms with Crippen LogP contribution in [0.5, 0.6) is 0 Å². The Bertz CT molecular complexity index is 1160. The van der Waals surface area contributed by atoms with Gasteiger partial charge in [-0.3, -0.25) is 9.59 Å². The number of hydrogen-bond donors (Lipinski definition) is 3. The molecule has 1 atom stereocenters. The molecule has 160 valence electrons. The van der Waals surface area contributed by atoms with Crippen LogP contribution in [0.1, 0.15) is 49.3 Å². The maximum atomic E-state index is 13.3. The van der Waals surface area contributed by atoms with E-state index < -0.39 is 6.04 Å². The van der Waals surface area contributed by atoms with Gasteiger partial charge in [-0.05, 0) is 38.1 Å². The third-order valence-corrected chi connectivity index (χ3v) is 5.32. The molecular weight excluding hydrogens is 390 g/mol. The molecule has 1 aliphatic rings. The van der Waals surface area contributed by atoms with Gasteiger partial charge in [-0.1, -0.05) is 44.5 Å². The number of nitrogens with zero attached hydrogens (tertiary/aromatic N) is 2. The van der Waals surface area contributed by atoms with Gasteiger partial charge in [-0.15, -0.1) is 0 Å². The van der Waals surface area contributed by atoms with E-state index in [1.54, 1.807) is 29.8 Å². The van der Waals surface area contributed by atoms with Crippen molar-refractivity contribution in [3.8, 4) is 5.69 Å². The van der Waals surface area contributed by atoms with Crippen molar-refractivity contribution >= 4 is 29.0 Å². The summed E-state index contributed by atoms with van der Waals surface area (Å²) in [5, 5.41) is 13.8. The number of para-hydroxylation sites is 1. The number of nitrogens with one attached hydrogen (secondary N) is 3. The van der Waals surface area contributed by atoms with Crippen LogP contribution in [0.25, 0.3) is 5.69 Å². The molecule has 7 heteroatoms. The number of carbonyl (C=O) groups excluding carboxylic acids is 2. The summed E-state index contributed by atoms with van der Waals surface area (Å²) < 4.78 is 1.76. The minimum Gasteiger partial charge on any atom is -0.372 e. The first-order chi connectivity index (χ1) is 14.6. The quantitative estimate of drug-likeness (QED) is 0.586. The predicted octanol–water partition coefficient (Wildman–Crippen LogP) is 4.48. The number of benzene rings is 2. The Labute approximate surface area is 181 Å². The zero-order valence-electron chi connectivity index (χ0n) is 18.4. The molecule has 0 spiro atoms. The van der Waals surface area contributed by atoms with Crippen molar-refractivity contribution in [2.45, 2.75) is 46.1 Å². The van der Waals surface area contributed by atoms with E-state index in [-0.39, 0.29) is 17.2 Å². The molecule has 2 aromatic carbocycles. The standard InChI is InChI=1S/C24H27N5O2/c1-14-9-11-16(12-10-14)29-20(13-19(28-29)24(3,4)5)27-23(31)17-7-6-8-18-21(17)25-15(2)22(30)26-18/h6-13,15,25H,1-5H3,(H,26,30)(H,27,31). The van der Waals surface area contributed by atoms with E-state index in [1.807, 2.05) is 37.3 Å². The van der Waals surface area contributed by atoms with Crippen molar-refractivity contribution < 1.29 is 9.59 Å². The van der Waals surface area contributed by atoms with Crippen molar-refractivity contribution in [1.29, 1.82) is 0 Å². The van der Waals surface area contributed by atoms with Crippen LogP contribution < -0.4 is 16.0 Å². The highest BCUT2D eigenvalue weighted by Gasteiger charge is 2.27. The lowest BCUT2D eigenvalue weighted by Gasteiger charge is -2.26. The zero-order valence-corrected chi connectivity index (χ0v) is 18.4. The van der Waals surface area contributed by atoms with Crippen LogP contribution in [0.3, 0.4) is 0 Å². The molecule has 0 saturated carbocycles. The van der Waals surface area contributed by atoms with Crippen molar-refractivity contribution in [1.82, 2.24) is 9.78 Å². The molecule has 0 aliphatic carbocycles. The third kappa shape index (κ3) is 4.03. The fourth-order valence-corrected chi connectivity index (χ4v) is 3.43.